The number of para-hydroxylation sites is 1. The number of hydrogen-bond acceptors (Lipinski definition) is 6. The van der Waals surface area contributed by atoms with Crippen LogP contribution >= 0.6 is 27.7 Å². The largest absolute Gasteiger partial charge is 0.507 e. The highest BCUT2D eigenvalue weighted by Gasteiger charge is 2.17. The maximum absolute atomic E-state index is 12.5. The second-order valence-corrected chi connectivity index (χ2v) is 9.64. The number of nitrogens with zero attached hydrogens (tertiary/aromatic N) is 4. The van der Waals surface area contributed by atoms with Gasteiger partial charge in [-0.25, -0.2) is 5.43 Å². The molecule has 1 heterocycles. The van der Waals surface area contributed by atoms with Gasteiger partial charge in [-0.05, 0) is 41.1 Å². The normalized spacial score (nSPS) is 11.2. The number of hydrazone groups is 1. The Labute approximate surface area is 220 Å². The zero-order valence-electron chi connectivity index (χ0n) is 18.9. The van der Waals surface area contributed by atoms with Crippen molar-refractivity contribution in [2.75, 3.05) is 5.75 Å². The van der Waals surface area contributed by atoms with Crippen molar-refractivity contribution in [3.8, 4) is 22.8 Å². The first-order chi connectivity index (χ1) is 17.6. The van der Waals surface area contributed by atoms with Crippen LogP contribution in [0, 0.1) is 0 Å². The van der Waals surface area contributed by atoms with Gasteiger partial charge >= 0.3 is 0 Å². The van der Waals surface area contributed by atoms with Crippen molar-refractivity contribution in [3.63, 3.8) is 0 Å². The van der Waals surface area contributed by atoms with E-state index in [9.17, 15) is 9.90 Å². The monoisotopic (exact) mass is 557 g/mol. The van der Waals surface area contributed by atoms with E-state index in [1.54, 1.807) is 6.07 Å². The number of nitrogens with one attached hydrogen (secondary N) is 1. The first kappa shape index (κ1) is 23.8. The molecule has 178 valence electrons. The molecule has 1 amide bonds. The zero-order valence-corrected chi connectivity index (χ0v) is 21.3. The maximum atomic E-state index is 12.5. The number of amides is 1. The van der Waals surface area contributed by atoms with Crippen LogP contribution < -0.4 is 5.43 Å². The molecule has 5 aromatic rings. The van der Waals surface area contributed by atoms with Crippen molar-refractivity contribution < 1.29 is 9.90 Å². The minimum absolute atomic E-state index is 0.0875. The van der Waals surface area contributed by atoms with Crippen LogP contribution in [0.1, 0.15) is 5.56 Å². The number of thioether (sulfide) groups is 1. The molecule has 0 aliphatic heterocycles. The summed E-state index contributed by atoms with van der Waals surface area (Å²) in [5.41, 5.74) is 4.88. The lowest BCUT2D eigenvalue weighted by molar-refractivity contribution is -0.118. The number of benzene rings is 4. The minimum atomic E-state index is -0.302. The lowest BCUT2D eigenvalue weighted by Crippen LogP contribution is -2.20. The Morgan fingerprint density at radius 1 is 0.972 bits per heavy atom. The standard InChI is InChI=1S/C27H20BrN5O2S/c28-20-13-10-19(11-14-20)26-31-32-27(33(26)21-7-2-1-3-8-21)36-17-25(35)30-29-16-23-22-9-5-4-6-18(22)12-15-24(23)34/h1-16,34H,17H2,(H,30,35)/b29-16+. The van der Waals surface area contributed by atoms with E-state index in [0.29, 0.717) is 16.5 Å². The van der Waals surface area contributed by atoms with Gasteiger partial charge in [-0.3, -0.25) is 9.36 Å². The molecule has 0 aliphatic carbocycles. The summed E-state index contributed by atoms with van der Waals surface area (Å²) in [4.78, 5) is 12.5. The van der Waals surface area contributed by atoms with Crippen molar-refractivity contribution in [1.82, 2.24) is 20.2 Å². The van der Waals surface area contributed by atoms with E-state index in [2.05, 4.69) is 36.7 Å². The van der Waals surface area contributed by atoms with Gasteiger partial charge in [0.05, 0.1) is 12.0 Å². The highest BCUT2D eigenvalue weighted by Crippen LogP contribution is 2.29. The SMILES string of the molecule is O=C(CSc1nnc(-c2ccc(Br)cc2)n1-c1ccccc1)N/N=C/c1c(O)ccc2ccccc12. The van der Waals surface area contributed by atoms with Crippen molar-refractivity contribution >= 4 is 50.6 Å². The second kappa shape index (κ2) is 10.8. The summed E-state index contributed by atoms with van der Waals surface area (Å²) in [6.45, 7) is 0. The van der Waals surface area contributed by atoms with Gasteiger partial charge in [-0.15, -0.1) is 10.2 Å². The van der Waals surface area contributed by atoms with Crippen LogP contribution in [0.4, 0.5) is 0 Å². The van der Waals surface area contributed by atoms with Crippen LogP contribution in [-0.2, 0) is 4.79 Å². The molecule has 0 atom stereocenters. The average Bonchev–Trinajstić information content (AvgIpc) is 3.33. The molecule has 5 rings (SSSR count). The minimum Gasteiger partial charge on any atom is -0.507 e. The van der Waals surface area contributed by atoms with E-state index in [4.69, 9.17) is 0 Å². The number of halogens is 1. The first-order valence-electron chi connectivity index (χ1n) is 11.0. The molecule has 4 aromatic carbocycles. The number of aromatic nitrogens is 3. The number of aromatic hydroxyl groups is 1. The highest BCUT2D eigenvalue weighted by molar-refractivity contribution is 9.10. The summed E-state index contributed by atoms with van der Waals surface area (Å²) in [7, 11) is 0. The molecule has 0 saturated heterocycles. The number of hydrogen-bond donors (Lipinski definition) is 2. The first-order valence-corrected chi connectivity index (χ1v) is 12.8. The van der Waals surface area contributed by atoms with E-state index in [0.717, 1.165) is 26.5 Å². The van der Waals surface area contributed by atoms with Gasteiger partial charge < -0.3 is 5.11 Å². The highest BCUT2D eigenvalue weighted by atomic mass is 79.9. The van der Waals surface area contributed by atoms with E-state index in [-0.39, 0.29) is 17.4 Å². The molecule has 9 heteroatoms. The molecular weight excluding hydrogens is 538 g/mol. The molecule has 2 N–H and O–H groups in total. The van der Waals surface area contributed by atoms with Crippen molar-refractivity contribution in [2.45, 2.75) is 5.16 Å². The zero-order chi connectivity index (χ0) is 24.9. The molecule has 0 radical (unpaired) electrons. The number of carbonyl (C=O) groups excluding carboxylic acids is 1. The van der Waals surface area contributed by atoms with Crippen LogP contribution in [0.15, 0.2) is 106 Å². The van der Waals surface area contributed by atoms with Crippen molar-refractivity contribution in [1.29, 1.82) is 0 Å². The van der Waals surface area contributed by atoms with Gasteiger partial charge in [-0.2, -0.15) is 5.10 Å². The van der Waals surface area contributed by atoms with Gasteiger partial charge in [-0.1, -0.05) is 88.4 Å². The predicted molar refractivity (Wildman–Crippen MR) is 147 cm³/mol. The molecule has 0 bridgehead atoms. The van der Waals surface area contributed by atoms with E-state index in [1.807, 2.05) is 89.5 Å². The fourth-order valence-corrected chi connectivity index (χ4v) is 4.72. The molecular formula is C27H20BrN5O2S. The molecule has 0 unspecified atom stereocenters. The number of carbonyl (C=O) groups is 1. The smallest absolute Gasteiger partial charge is 0.250 e. The van der Waals surface area contributed by atoms with Crippen LogP contribution in [0.2, 0.25) is 0 Å². The predicted octanol–water partition coefficient (Wildman–Crippen LogP) is 5.80. The van der Waals surface area contributed by atoms with Gasteiger partial charge in [0.2, 0.25) is 0 Å². The van der Waals surface area contributed by atoms with Crippen LogP contribution in [0.25, 0.3) is 27.8 Å². The Balaban J connectivity index is 1.33. The fraction of sp³-hybridized carbons (Fsp3) is 0.0370. The molecule has 36 heavy (non-hydrogen) atoms. The Morgan fingerprint density at radius 2 is 1.72 bits per heavy atom. The molecule has 1 aromatic heterocycles. The van der Waals surface area contributed by atoms with E-state index in [1.165, 1.54) is 18.0 Å². The van der Waals surface area contributed by atoms with Gasteiger partial charge in [0.1, 0.15) is 5.75 Å². The van der Waals surface area contributed by atoms with Crippen LogP contribution in [0.3, 0.4) is 0 Å². The lowest BCUT2D eigenvalue weighted by Gasteiger charge is -2.10. The topological polar surface area (TPSA) is 92.4 Å². The third-order valence-corrected chi connectivity index (χ3v) is 6.87. The van der Waals surface area contributed by atoms with Gasteiger partial charge in [0, 0.05) is 21.3 Å². The Hall–Kier alpha value is -3.95. The van der Waals surface area contributed by atoms with Crippen LogP contribution in [-0.4, -0.2) is 37.7 Å². The summed E-state index contributed by atoms with van der Waals surface area (Å²) in [6.07, 6.45) is 1.46. The Bertz CT molecular complexity index is 1550. The van der Waals surface area contributed by atoms with E-state index < -0.39 is 0 Å². The van der Waals surface area contributed by atoms with Crippen LogP contribution in [0.5, 0.6) is 5.75 Å². The summed E-state index contributed by atoms with van der Waals surface area (Å²) in [5, 5.41) is 25.5. The molecule has 0 saturated carbocycles. The summed E-state index contributed by atoms with van der Waals surface area (Å²) < 4.78 is 2.90. The van der Waals surface area contributed by atoms with Gasteiger partial charge in [0.15, 0.2) is 11.0 Å². The summed E-state index contributed by atoms with van der Waals surface area (Å²) in [5.74, 6) is 0.562. The van der Waals surface area contributed by atoms with Crippen molar-refractivity contribution in [2.24, 2.45) is 5.10 Å². The maximum Gasteiger partial charge on any atom is 0.250 e. The molecule has 0 aliphatic rings. The number of phenols is 1. The Kier molecular flexibility index (Phi) is 7.11. The average molecular weight is 558 g/mol. The van der Waals surface area contributed by atoms with E-state index >= 15 is 0 Å². The molecule has 0 fully saturated rings. The quantitative estimate of drug-likeness (QED) is 0.150. The molecule has 0 spiro atoms. The third-order valence-electron chi connectivity index (χ3n) is 5.41. The second-order valence-electron chi connectivity index (χ2n) is 7.79. The number of rotatable bonds is 7. The Morgan fingerprint density at radius 3 is 2.53 bits per heavy atom. The van der Waals surface area contributed by atoms with Gasteiger partial charge in [0.25, 0.3) is 5.91 Å². The molecule has 7 nitrogen and oxygen atoms in total. The summed E-state index contributed by atoms with van der Waals surface area (Å²) >= 11 is 4.73. The third kappa shape index (κ3) is 5.17. The van der Waals surface area contributed by atoms with Crippen molar-refractivity contribution in [3.05, 3.63) is 101 Å². The number of phenolic OH excluding ortho intramolecular Hbond substituents is 1. The lowest BCUT2D eigenvalue weighted by atomic mass is 10.0. The fourth-order valence-electron chi connectivity index (χ4n) is 3.71. The number of fused-ring (bicyclic) bond motifs is 1. The summed E-state index contributed by atoms with van der Waals surface area (Å²) in [6, 6.07) is 28.7.